The van der Waals surface area contributed by atoms with Gasteiger partial charge in [-0.05, 0) is 42.7 Å². The zero-order chi connectivity index (χ0) is 21.9. The lowest BCUT2D eigenvalue weighted by Crippen LogP contribution is -2.49. The van der Waals surface area contributed by atoms with Gasteiger partial charge in [-0.3, -0.25) is 4.79 Å². The molecule has 0 unspecified atom stereocenters. The van der Waals surface area contributed by atoms with Gasteiger partial charge in [0, 0.05) is 11.8 Å². The smallest absolute Gasteiger partial charge is 0.308 e. The average Bonchev–Trinajstić information content (AvgIpc) is 2.72. The van der Waals surface area contributed by atoms with Gasteiger partial charge in [-0.15, -0.1) is 0 Å². The molecule has 1 N–H and O–H groups in total. The second-order valence-corrected chi connectivity index (χ2v) is 11.4. The van der Waals surface area contributed by atoms with Crippen molar-refractivity contribution in [1.82, 2.24) is 4.31 Å². The maximum absolute atomic E-state index is 13.5. The minimum absolute atomic E-state index is 0.0269. The normalized spacial score (nSPS) is 22.9. The third kappa shape index (κ3) is 5.07. The molecule has 0 spiro atoms. The van der Waals surface area contributed by atoms with Crippen LogP contribution in [0.4, 0.5) is 0 Å². The van der Waals surface area contributed by atoms with Crippen LogP contribution in [0, 0.1) is 18.8 Å². The van der Waals surface area contributed by atoms with E-state index in [9.17, 15) is 18.3 Å². The van der Waals surface area contributed by atoms with Crippen LogP contribution < -0.4 is 0 Å². The van der Waals surface area contributed by atoms with Crippen LogP contribution in [0.2, 0.25) is 0 Å². The van der Waals surface area contributed by atoms with E-state index < -0.39 is 28.0 Å². The van der Waals surface area contributed by atoms with E-state index in [4.69, 9.17) is 0 Å². The zero-order valence-electron chi connectivity index (χ0n) is 17.6. The first-order chi connectivity index (χ1) is 14.2. The fourth-order valence-electron chi connectivity index (χ4n) is 3.77. The lowest BCUT2D eigenvalue weighted by atomic mass is 9.90. The molecule has 162 valence electrons. The number of benzene rings is 2. The predicted octanol–water partition coefficient (Wildman–Crippen LogP) is 4.59. The summed E-state index contributed by atoms with van der Waals surface area (Å²) in [4.78, 5) is 12.3. The summed E-state index contributed by atoms with van der Waals surface area (Å²) in [6.07, 6.45) is 0.476. The van der Waals surface area contributed by atoms with Gasteiger partial charge in [0.25, 0.3) is 0 Å². The van der Waals surface area contributed by atoms with Gasteiger partial charge in [-0.1, -0.05) is 61.9 Å². The number of carboxylic acids is 1. The minimum Gasteiger partial charge on any atom is -0.481 e. The van der Waals surface area contributed by atoms with Crippen molar-refractivity contribution >= 4 is 27.8 Å². The zero-order valence-corrected chi connectivity index (χ0v) is 19.2. The average molecular weight is 448 g/mol. The summed E-state index contributed by atoms with van der Waals surface area (Å²) in [5, 5.41) is 9.75. The van der Waals surface area contributed by atoms with Crippen molar-refractivity contribution in [3.05, 3.63) is 65.7 Å². The Morgan fingerprint density at radius 1 is 1.13 bits per heavy atom. The summed E-state index contributed by atoms with van der Waals surface area (Å²) in [5.74, 6) is -0.393. The summed E-state index contributed by atoms with van der Waals surface area (Å²) in [5.41, 5.74) is 1.87. The summed E-state index contributed by atoms with van der Waals surface area (Å²) in [6.45, 7) is 6.09. The Bertz CT molecular complexity index is 958. The maximum Gasteiger partial charge on any atom is 0.308 e. The molecule has 2 aromatic carbocycles. The van der Waals surface area contributed by atoms with Gasteiger partial charge in [0.15, 0.2) is 0 Å². The summed E-state index contributed by atoms with van der Waals surface area (Å²) < 4.78 is 28.5. The molecule has 1 aliphatic rings. The van der Waals surface area contributed by atoms with E-state index in [0.29, 0.717) is 12.3 Å². The summed E-state index contributed by atoms with van der Waals surface area (Å²) in [7, 11) is -3.84. The van der Waals surface area contributed by atoms with Crippen LogP contribution >= 0.6 is 11.8 Å². The Hall–Kier alpha value is -1.83. The molecule has 1 fully saturated rings. The van der Waals surface area contributed by atoms with Gasteiger partial charge in [0.05, 0.1) is 16.9 Å². The van der Waals surface area contributed by atoms with Crippen molar-refractivity contribution < 1.29 is 18.3 Å². The Kier molecular flexibility index (Phi) is 7.26. The van der Waals surface area contributed by atoms with Crippen molar-refractivity contribution in [3.63, 3.8) is 0 Å². The molecule has 0 bridgehead atoms. The molecular formula is C23H29NO4S2. The van der Waals surface area contributed by atoms with Crippen molar-refractivity contribution in [2.75, 3.05) is 12.3 Å². The number of hydrogen-bond acceptors (Lipinski definition) is 4. The topological polar surface area (TPSA) is 74.7 Å². The number of piperidine rings is 1. The number of carboxylic acid groups (broad SMARTS) is 1. The van der Waals surface area contributed by atoms with Crippen LogP contribution in [0.3, 0.4) is 0 Å². The van der Waals surface area contributed by atoms with Crippen LogP contribution in [0.1, 0.15) is 37.4 Å². The van der Waals surface area contributed by atoms with E-state index >= 15 is 0 Å². The Balaban J connectivity index is 2.02. The number of thioether (sulfide) groups is 1. The third-order valence-corrected chi connectivity index (χ3v) is 9.10. The number of aryl methyl sites for hydroxylation is 1. The van der Waals surface area contributed by atoms with Gasteiger partial charge in [-0.25, -0.2) is 8.42 Å². The Morgan fingerprint density at radius 3 is 2.33 bits per heavy atom. The molecule has 3 rings (SSSR count). The number of hydrogen-bond donors (Lipinski definition) is 1. The molecule has 3 atom stereocenters. The highest BCUT2D eigenvalue weighted by Crippen LogP contribution is 2.42. The van der Waals surface area contributed by atoms with E-state index in [1.165, 1.54) is 4.31 Å². The molecular weight excluding hydrogens is 418 g/mol. The van der Waals surface area contributed by atoms with Crippen LogP contribution in [0.25, 0.3) is 0 Å². The number of rotatable bonds is 7. The highest BCUT2D eigenvalue weighted by atomic mass is 32.2. The predicted molar refractivity (Wildman–Crippen MR) is 121 cm³/mol. The van der Waals surface area contributed by atoms with Crippen LogP contribution in [-0.4, -0.2) is 41.3 Å². The molecule has 0 aromatic heterocycles. The number of aliphatic carboxylic acids is 1. The molecule has 1 heterocycles. The van der Waals surface area contributed by atoms with Gasteiger partial charge >= 0.3 is 5.97 Å². The number of nitrogens with zero attached hydrogens (tertiary/aromatic N) is 1. The molecule has 0 radical (unpaired) electrons. The standard InChI is InChI=1S/C23H29NO4S2/c1-16(2)15-29-22-13-21(18-7-5-4-6-8-18)24(14-20(22)23(25)26)30(27,28)19-11-9-17(3)10-12-19/h4-12,16,20-22H,13-15H2,1-3H3,(H,25,26)/t20-,21+,22-/m1/s1. The van der Waals surface area contributed by atoms with Gasteiger partial charge in [0.2, 0.25) is 10.0 Å². The minimum atomic E-state index is -3.84. The molecule has 1 saturated heterocycles. The second-order valence-electron chi connectivity index (χ2n) is 8.26. The lowest BCUT2D eigenvalue weighted by molar-refractivity contribution is -0.143. The summed E-state index contributed by atoms with van der Waals surface area (Å²) in [6, 6.07) is 15.9. The van der Waals surface area contributed by atoms with Crippen molar-refractivity contribution in [1.29, 1.82) is 0 Å². The van der Waals surface area contributed by atoms with E-state index in [-0.39, 0.29) is 16.7 Å². The largest absolute Gasteiger partial charge is 0.481 e. The highest BCUT2D eigenvalue weighted by Gasteiger charge is 2.45. The monoisotopic (exact) mass is 447 g/mol. The van der Waals surface area contributed by atoms with E-state index in [0.717, 1.165) is 16.9 Å². The Morgan fingerprint density at radius 2 is 1.77 bits per heavy atom. The van der Waals surface area contributed by atoms with E-state index in [1.54, 1.807) is 36.0 Å². The molecule has 0 saturated carbocycles. The van der Waals surface area contributed by atoms with Crippen LogP contribution in [-0.2, 0) is 14.8 Å². The fourth-order valence-corrected chi connectivity index (χ4v) is 6.80. The molecule has 7 heteroatoms. The van der Waals surface area contributed by atoms with Crippen LogP contribution in [0.5, 0.6) is 0 Å². The first-order valence-electron chi connectivity index (χ1n) is 10.2. The molecule has 2 aromatic rings. The molecule has 0 amide bonds. The molecule has 0 aliphatic carbocycles. The SMILES string of the molecule is Cc1ccc(S(=O)(=O)N2C[C@@H](C(=O)O)[C@H](SCC(C)C)C[C@H]2c2ccccc2)cc1. The van der Waals surface area contributed by atoms with Crippen molar-refractivity contribution in [2.45, 2.75) is 43.4 Å². The van der Waals surface area contributed by atoms with Gasteiger partial charge < -0.3 is 5.11 Å². The third-order valence-electron chi connectivity index (χ3n) is 5.40. The van der Waals surface area contributed by atoms with Crippen LogP contribution in [0.15, 0.2) is 59.5 Å². The molecule has 5 nitrogen and oxygen atoms in total. The first-order valence-corrected chi connectivity index (χ1v) is 12.7. The quantitative estimate of drug-likeness (QED) is 0.672. The first kappa shape index (κ1) is 22.8. The second kappa shape index (κ2) is 9.54. The van der Waals surface area contributed by atoms with Crippen molar-refractivity contribution in [2.24, 2.45) is 11.8 Å². The molecule has 1 aliphatic heterocycles. The van der Waals surface area contributed by atoms with E-state index in [2.05, 4.69) is 13.8 Å². The maximum atomic E-state index is 13.5. The molecule has 30 heavy (non-hydrogen) atoms. The fraction of sp³-hybridized carbons (Fsp3) is 0.435. The van der Waals surface area contributed by atoms with Gasteiger partial charge in [0.1, 0.15) is 0 Å². The number of sulfonamides is 1. The van der Waals surface area contributed by atoms with Gasteiger partial charge in [-0.2, -0.15) is 16.1 Å². The number of carbonyl (C=O) groups is 1. The highest BCUT2D eigenvalue weighted by molar-refractivity contribution is 7.99. The summed E-state index contributed by atoms with van der Waals surface area (Å²) >= 11 is 1.65. The lowest BCUT2D eigenvalue weighted by Gasteiger charge is -2.42. The Labute approximate surface area is 183 Å². The van der Waals surface area contributed by atoms with E-state index in [1.807, 2.05) is 37.3 Å². The van der Waals surface area contributed by atoms with Crippen molar-refractivity contribution in [3.8, 4) is 0 Å².